The van der Waals surface area contributed by atoms with Crippen LogP contribution in [-0.4, -0.2) is 43.0 Å². The van der Waals surface area contributed by atoms with Crippen LogP contribution in [0.1, 0.15) is 23.6 Å². The molecule has 1 aliphatic heterocycles. The number of benzene rings is 2. The van der Waals surface area contributed by atoms with E-state index in [0.29, 0.717) is 11.3 Å². The van der Waals surface area contributed by atoms with Crippen molar-refractivity contribution in [2.24, 2.45) is 0 Å². The number of ether oxygens (including phenoxy) is 3. The zero-order chi connectivity index (χ0) is 20.1. The highest BCUT2D eigenvalue weighted by atomic mass is 16.5. The minimum atomic E-state index is -1.05. The Balaban J connectivity index is 1.79. The predicted molar refractivity (Wildman–Crippen MR) is 99.2 cm³/mol. The molecule has 0 bridgehead atoms. The van der Waals surface area contributed by atoms with Crippen molar-refractivity contribution in [3.63, 3.8) is 0 Å². The Morgan fingerprint density at radius 3 is 2.50 bits per heavy atom. The lowest BCUT2D eigenvalue weighted by atomic mass is 9.94. The monoisotopic (exact) mass is 383 g/mol. The maximum atomic E-state index is 12.5. The summed E-state index contributed by atoms with van der Waals surface area (Å²) in [5.74, 6) is -0.982. The summed E-state index contributed by atoms with van der Waals surface area (Å²) in [5.41, 5.74) is 1.34. The van der Waals surface area contributed by atoms with Crippen molar-refractivity contribution in [1.82, 2.24) is 4.90 Å². The number of carbonyl (C=O) groups is 3. The van der Waals surface area contributed by atoms with Crippen molar-refractivity contribution in [1.29, 1.82) is 0 Å². The molecule has 7 heteroatoms. The number of methoxy groups -OCH3 is 2. The lowest BCUT2D eigenvalue weighted by Crippen LogP contribution is -2.59. The van der Waals surface area contributed by atoms with Crippen LogP contribution in [0.25, 0.3) is 0 Å². The number of hydrogen-bond acceptors (Lipinski definition) is 6. The molecule has 1 heterocycles. The highest BCUT2D eigenvalue weighted by Gasteiger charge is 2.49. The van der Waals surface area contributed by atoms with Gasteiger partial charge in [-0.15, -0.1) is 0 Å². The molecule has 0 saturated carbocycles. The summed E-state index contributed by atoms with van der Waals surface area (Å²) in [6.07, 6.45) is -0.00884. The normalized spacial score (nSPS) is 16.7. The number of hydrogen-bond donors (Lipinski definition) is 0. The molecule has 1 unspecified atom stereocenters. The van der Waals surface area contributed by atoms with Crippen LogP contribution in [0.15, 0.2) is 54.6 Å². The molecule has 28 heavy (non-hydrogen) atoms. The Morgan fingerprint density at radius 2 is 1.86 bits per heavy atom. The predicted octanol–water partition coefficient (Wildman–Crippen LogP) is 2.25. The van der Waals surface area contributed by atoms with Crippen molar-refractivity contribution in [2.45, 2.75) is 25.1 Å². The van der Waals surface area contributed by atoms with E-state index in [4.69, 9.17) is 14.2 Å². The van der Waals surface area contributed by atoms with Crippen LogP contribution in [0, 0.1) is 0 Å². The first-order valence-corrected chi connectivity index (χ1v) is 8.78. The lowest BCUT2D eigenvalue weighted by Gasteiger charge is -2.42. The van der Waals surface area contributed by atoms with Gasteiger partial charge in [0.1, 0.15) is 18.4 Å². The molecule has 0 aliphatic carbocycles. The molecular weight excluding hydrogens is 362 g/mol. The average molecular weight is 383 g/mol. The van der Waals surface area contributed by atoms with Crippen molar-refractivity contribution >= 4 is 17.8 Å². The topological polar surface area (TPSA) is 82.1 Å². The van der Waals surface area contributed by atoms with E-state index >= 15 is 0 Å². The minimum absolute atomic E-state index is 0.00884. The Bertz CT molecular complexity index is 866. The summed E-state index contributed by atoms with van der Waals surface area (Å²) in [7, 11) is 2.74. The fraction of sp³-hybridized carbons (Fsp3) is 0.286. The largest absolute Gasteiger partial charge is 0.497 e. The van der Waals surface area contributed by atoms with Crippen molar-refractivity contribution < 1.29 is 28.6 Å². The SMILES string of the molecule is COC(=O)C(c1cccc(OC)c1)N1C(=O)C[C@H]1C(=O)OCc1ccccc1. The van der Waals surface area contributed by atoms with E-state index in [1.165, 1.54) is 19.1 Å². The second kappa shape index (κ2) is 8.56. The van der Waals surface area contributed by atoms with Gasteiger partial charge in [0, 0.05) is 0 Å². The van der Waals surface area contributed by atoms with Crippen LogP contribution in [-0.2, 0) is 30.5 Å². The van der Waals surface area contributed by atoms with Crippen molar-refractivity contribution in [3.8, 4) is 5.75 Å². The second-order valence-corrected chi connectivity index (χ2v) is 6.32. The number of β-lactam (4-membered cyclic amide) rings is 1. The number of esters is 2. The molecule has 0 aromatic heterocycles. The summed E-state index contributed by atoms with van der Waals surface area (Å²) in [6.45, 7) is 0.0975. The molecule has 0 spiro atoms. The third kappa shape index (κ3) is 3.98. The molecule has 146 valence electrons. The van der Waals surface area contributed by atoms with E-state index in [1.54, 1.807) is 24.3 Å². The van der Waals surface area contributed by atoms with Gasteiger partial charge in [-0.25, -0.2) is 9.59 Å². The average Bonchev–Trinajstić information content (AvgIpc) is 2.74. The summed E-state index contributed by atoms with van der Waals surface area (Å²) in [4.78, 5) is 38.5. The molecule has 0 radical (unpaired) electrons. The van der Waals surface area contributed by atoms with Crippen LogP contribution in [0.4, 0.5) is 0 Å². The van der Waals surface area contributed by atoms with Gasteiger partial charge >= 0.3 is 11.9 Å². The van der Waals surface area contributed by atoms with Crippen LogP contribution in [0.5, 0.6) is 5.75 Å². The van der Waals surface area contributed by atoms with Crippen LogP contribution in [0.2, 0.25) is 0 Å². The van der Waals surface area contributed by atoms with Gasteiger partial charge in [0.15, 0.2) is 6.04 Å². The highest BCUT2D eigenvalue weighted by Crippen LogP contribution is 2.34. The molecule has 7 nitrogen and oxygen atoms in total. The molecule has 1 fully saturated rings. The van der Waals surface area contributed by atoms with E-state index in [0.717, 1.165) is 5.56 Å². The molecule has 2 aromatic rings. The molecule has 1 aliphatic rings. The third-order valence-corrected chi connectivity index (χ3v) is 4.60. The first-order valence-electron chi connectivity index (χ1n) is 8.78. The maximum absolute atomic E-state index is 12.5. The zero-order valence-electron chi connectivity index (χ0n) is 15.7. The van der Waals surface area contributed by atoms with Crippen LogP contribution >= 0.6 is 0 Å². The summed E-state index contributed by atoms with van der Waals surface area (Å²) in [5, 5.41) is 0. The van der Waals surface area contributed by atoms with Gasteiger partial charge < -0.3 is 19.1 Å². The van der Waals surface area contributed by atoms with E-state index in [2.05, 4.69) is 0 Å². The third-order valence-electron chi connectivity index (χ3n) is 4.60. The van der Waals surface area contributed by atoms with Gasteiger partial charge in [0.2, 0.25) is 5.91 Å². The van der Waals surface area contributed by atoms with E-state index in [9.17, 15) is 14.4 Å². The highest BCUT2D eigenvalue weighted by molar-refractivity contribution is 5.98. The van der Waals surface area contributed by atoms with Gasteiger partial charge in [0.25, 0.3) is 0 Å². The fourth-order valence-corrected chi connectivity index (χ4v) is 3.11. The van der Waals surface area contributed by atoms with E-state index in [1.807, 2.05) is 30.3 Å². The minimum Gasteiger partial charge on any atom is -0.497 e. The number of amides is 1. The Hall–Kier alpha value is -3.35. The number of rotatable bonds is 7. The molecule has 1 amide bonds. The summed E-state index contributed by atoms with van der Waals surface area (Å²) < 4.78 is 15.4. The van der Waals surface area contributed by atoms with Crippen molar-refractivity contribution in [2.75, 3.05) is 14.2 Å². The Morgan fingerprint density at radius 1 is 1.11 bits per heavy atom. The molecule has 2 aromatic carbocycles. The van der Waals surface area contributed by atoms with E-state index in [-0.39, 0.29) is 18.9 Å². The molecule has 2 atom stereocenters. The number of nitrogens with zero attached hydrogens (tertiary/aromatic N) is 1. The first kappa shape index (κ1) is 19.4. The van der Waals surface area contributed by atoms with E-state index < -0.39 is 24.0 Å². The van der Waals surface area contributed by atoms with Gasteiger partial charge in [-0.05, 0) is 23.3 Å². The fourth-order valence-electron chi connectivity index (χ4n) is 3.11. The summed E-state index contributed by atoms with van der Waals surface area (Å²) in [6, 6.07) is 14.1. The maximum Gasteiger partial charge on any atom is 0.333 e. The van der Waals surface area contributed by atoms with Crippen LogP contribution in [0.3, 0.4) is 0 Å². The van der Waals surface area contributed by atoms with Crippen LogP contribution < -0.4 is 4.74 Å². The number of carbonyl (C=O) groups excluding carboxylic acids is 3. The van der Waals surface area contributed by atoms with Gasteiger partial charge in [-0.3, -0.25) is 4.79 Å². The van der Waals surface area contributed by atoms with Gasteiger partial charge in [0.05, 0.1) is 20.6 Å². The molecular formula is C21H21NO6. The molecule has 3 rings (SSSR count). The Labute approximate surface area is 162 Å². The van der Waals surface area contributed by atoms with Gasteiger partial charge in [-0.1, -0.05) is 42.5 Å². The molecule has 1 saturated heterocycles. The molecule has 0 N–H and O–H groups in total. The first-order chi connectivity index (χ1) is 13.5. The Kier molecular flexibility index (Phi) is 5.93. The van der Waals surface area contributed by atoms with Crippen molar-refractivity contribution in [3.05, 3.63) is 65.7 Å². The number of likely N-dealkylation sites (tertiary alicyclic amines) is 1. The standard InChI is InChI=1S/C21H21NO6/c1-26-16-10-6-9-15(11-16)19(21(25)27-2)22-17(12-18(22)23)20(24)28-13-14-7-4-3-5-8-14/h3-11,17,19H,12-13H2,1-2H3/t17-,19?/m0/s1. The summed E-state index contributed by atoms with van der Waals surface area (Å²) >= 11 is 0. The zero-order valence-corrected chi connectivity index (χ0v) is 15.7. The quantitative estimate of drug-likeness (QED) is 0.539. The lowest BCUT2D eigenvalue weighted by molar-refractivity contribution is -0.175. The smallest absolute Gasteiger partial charge is 0.333 e. The van der Waals surface area contributed by atoms with Gasteiger partial charge in [-0.2, -0.15) is 0 Å². The second-order valence-electron chi connectivity index (χ2n) is 6.32.